The maximum atomic E-state index is 11.5. The Balaban J connectivity index is 2.31. The molecular weight excluding hydrogens is 204 g/mol. The summed E-state index contributed by atoms with van der Waals surface area (Å²) in [7, 11) is 0. The Kier molecular flexibility index (Phi) is 4.79. The first-order chi connectivity index (χ1) is 7.58. The van der Waals surface area contributed by atoms with Crippen LogP contribution in [-0.4, -0.2) is 23.7 Å². The van der Waals surface area contributed by atoms with Gasteiger partial charge in [0.2, 0.25) is 5.91 Å². The average Bonchev–Trinajstić information content (AvgIpc) is 2.21. The zero-order chi connectivity index (χ0) is 12.0. The van der Waals surface area contributed by atoms with Crippen LogP contribution in [0, 0.1) is 0 Å². The number of anilines is 1. The molecule has 0 saturated heterocycles. The number of nitrogen functional groups attached to an aromatic ring is 1. The molecule has 1 aromatic carbocycles. The Morgan fingerprint density at radius 2 is 2.06 bits per heavy atom. The minimum atomic E-state index is -0.378. The second-order valence-electron chi connectivity index (χ2n) is 3.91. The van der Waals surface area contributed by atoms with Gasteiger partial charge in [-0.1, -0.05) is 12.1 Å². The largest absolute Gasteiger partial charge is 0.399 e. The van der Waals surface area contributed by atoms with Crippen LogP contribution in [0.4, 0.5) is 5.69 Å². The number of nitrogens with one attached hydrogen (secondary N) is 1. The van der Waals surface area contributed by atoms with E-state index in [0.29, 0.717) is 25.1 Å². The van der Waals surface area contributed by atoms with Crippen molar-refractivity contribution >= 4 is 11.6 Å². The smallest absolute Gasteiger partial charge is 0.224 e. The third-order valence-electron chi connectivity index (χ3n) is 2.23. The third-order valence-corrected chi connectivity index (χ3v) is 2.23. The van der Waals surface area contributed by atoms with E-state index in [4.69, 9.17) is 10.8 Å². The molecule has 1 amide bonds. The topological polar surface area (TPSA) is 75.3 Å². The summed E-state index contributed by atoms with van der Waals surface area (Å²) >= 11 is 0. The molecule has 4 heteroatoms. The first-order valence-electron chi connectivity index (χ1n) is 5.37. The number of rotatable bonds is 5. The summed E-state index contributed by atoms with van der Waals surface area (Å²) in [5, 5.41) is 11.8. The van der Waals surface area contributed by atoms with E-state index in [1.807, 2.05) is 12.1 Å². The van der Waals surface area contributed by atoms with E-state index >= 15 is 0 Å². The maximum Gasteiger partial charge on any atom is 0.224 e. The molecule has 0 aliphatic carbocycles. The Hall–Kier alpha value is -1.55. The molecule has 1 atom stereocenters. The number of amides is 1. The van der Waals surface area contributed by atoms with Crippen LogP contribution in [0.1, 0.15) is 18.9 Å². The first kappa shape index (κ1) is 12.5. The SMILES string of the molecule is CC(O)CCNC(=O)Cc1ccc(N)cc1. The molecule has 0 radical (unpaired) electrons. The van der Waals surface area contributed by atoms with Gasteiger partial charge in [-0.3, -0.25) is 4.79 Å². The third kappa shape index (κ3) is 4.79. The standard InChI is InChI=1S/C12H18N2O2/c1-9(15)6-7-14-12(16)8-10-2-4-11(13)5-3-10/h2-5,9,15H,6-8,13H2,1H3,(H,14,16). The summed E-state index contributed by atoms with van der Waals surface area (Å²) in [6, 6.07) is 7.23. The van der Waals surface area contributed by atoms with Crippen molar-refractivity contribution in [2.24, 2.45) is 0 Å². The van der Waals surface area contributed by atoms with Crippen molar-refractivity contribution in [3.63, 3.8) is 0 Å². The molecule has 0 bridgehead atoms. The van der Waals surface area contributed by atoms with Crippen molar-refractivity contribution < 1.29 is 9.90 Å². The molecule has 88 valence electrons. The van der Waals surface area contributed by atoms with Crippen molar-refractivity contribution in [3.05, 3.63) is 29.8 Å². The minimum Gasteiger partial charge on any atom is -0.399 e. The van der Waals surface area contributed by atoms with Gasteiger partial charge in [0.1, 0.15) is 0 Å². The fraction of sp³-hybridized carbons (Fsp3) is 0.417. The van der Waals surface area contributed by atoms with Crippen LogP contribution < -0.4 is 11.1 Å². The van der Waals surface area contributed by atoms with Crippen LogP contribution in [0.2, 0.25) is 0 Å². The van der Waals surface area contributed by atoms with Crippen molar-refractivity contribution in [1.29, 1.82) is 0 Å². The number of hydrogen-bond acceptors (Lipinski definition) is 3. The van der Waals surface area contributed by atoms with Crippen molar-refractivity contribution in [3.8, 4) is 0 Å². The fourth-order valence-electron chi connectivity index (χ4n) is 1.30. The van der Waals surface area contributed by atoms with Gasteiger partial charge in [-0.15, -0.1) is 0 Å². The van der Waals surface area contributed by atoms with E-state index in [0.717, 1.165) is 5.56 Å². The number of nitrogens with two attached hydrogens (primary N) is 1. The molecule has 0 aromatic heterocycles. The summed E-state index contributed by atoms with van der Waals surface area (Å²) in [6.45, 7) is 2.21. The Morgan fingerprint density at radius 1 is 1.44 bits per heavy atom. The van der Waals surface area contributed by atoms with E-state index in [2.05, 4.69) is 5.32 Å². The average molecular weight is 222 g/mol. The normalized spacial score (nSPS) is 12.1. The highest BCUT2D eigenvalue weighted by atomic mass is 16.3. The van der Waals surface area contributed by atoms with E-state index in [1.165, 1.54) is 0 Å². The highest BCUT2D eigenvalue weighted by Gasteiger charge is 2.03. The second-order valence-corrected chi connectivity index (χ2v) is 3.91. The highest BCUT2D eigenvalue weighted by molar-refractivity contribution is 5.78. The minimum absolute atomic E-state index is 0.0366. The van der Waals surface area contributed by atoms with Gasteiger partial charge in [0.15, 0.2) is 0 Å². The molecule has 1 aromatic rings. The quantitative estimate of drug-likeness (QED) is 0.642. The molecule has 4 nitrogen and oxygen atoms in total. The molecule has 0 saturated carbocycles. The van der Waals surface area contributed by atoms with E-state index in [1.54, 1.807) is 19.1 Å². The monoisotopic (exact) mass is 222 g/mol. The van der Waals surface area contributed by atoms with Gasteiger partial charge in [0.05, 0.1) is 12.5 Å². The van der Waals surface area contributed by atoms with Gasteiger partial charge in [-0.05, 0) is 31.0 Å². The highest BCUT2D eigenvalue weighted by Crippen LogP contribution is 2.05. The summed E-state index contributed by atoms with van der Waals surface area (Å²) in [6.07, 6.45) is 0.546. The van der Waals surface area contributed by atoms with E-state index in [9.17, 15) is 4.79 Å². The predicted octanol–water partition coefficient (Wildman–Crippen LogP) is 0.698. The Bertz CT molecular complexity index is 333. The second kappa shape index (κ2) is 6.12. The van der Waals surface area contributed by atoms with Gasteiger partial charge in [-0.2, -0.15) is 0 Å². The molecule has 0 fully saturated rings. The Morgan fingerprint density at radius 3 is 2.62 bits per heavy atom. The molecule has 4 N–H and O–H groups in total. The lowest BCUT2D eigenvalue weighted by Gasteiger charge is -2.06. The van der Waals surface area contributed by atoms with Crippen LogP contribution >= 0.6 is 0 Å². The molecule has 1 rings (SSSR count). The lowest BCUT2D eigenvalue weighted by molar-refractivity contribution is -0.120. The number of carbonyl (C=O) groups excluding carboxylic acids is 1. The van der Waals surface area contributed by atoms with Gasteiger partial charge in [0.25, 0.3) is 0 Å². The summed E-state index contributed by atoms with van der Waals surface area (Å²) in [5.41, 5.74) is 7.17. The summed E-state index contributed by atoms with van der Waals surface area (Å²) in [5.74, 6) is -0.0366. The lowest BCUT2D eigenvalue weighted by atomic mass is 10.1. The van der Waals surface area contributed by atoms with Crippen LogP contribution in [0.3, 0.4) is 0 Å². The van der Waals surface area contributed by atoms with Gasteiger partial charge < -0.3 is 16.2 Å². The van der Waals surface area contributed by atoms with Gasteiger partial charge in [0, 0.05) is 12.2 Å². The van der Waals surface area contributed by atoms with Gasteiger partial charge >= 0.3 is 0 Å². The zero-order valence-electron chi connectivity index (χ0n) is 9.44. The van der Waals surface area contributed by atoms with E-state index < -0.39 is 0 Å². The lowest BCUT2D eigenvalue weighted by Crippen LogP contribution is -2.27. The molecular formula is C12H18N2O2. The number of carbonyl (C=O) groups is 1. The van der Waals surface area contributed by atoms with Crippen LogP contribution in [0.15, 0.2) is 24.3 Å². The molecule has 0 aliphatic heterocycles. The van der Waals surface area contributed by atoms with Crippen LogP contribution in [0.5, 0.6) is 0 Å². The van der Waals surface area contributed by atoms with Crippen LogP contribution in [0.25, 0.3) is 0 Å². The van der Waals surface area contributed by atoms with Crippen molar-refractivity contribution in [2.45, 2.75) is 25.9 Å². The van der Waals surface area contributed by atoms with Crippen molar-refractivity contribution in [2.75, 3.05) is 12.3 Å². The number of aliphatic hydroxyl groups is 1. The fourth-order valence-corrected chi connectivity index (χ4v) is 1.30. The molecule has 0 spiro atoms. The molecule has 1 unspecified atom stereocenters. The van der Waals surface area contributed by atoms with Crippen molar-refractivity contribution in [1.82, 2.24) is 5.32 Å². The number of aliphatic hydroxyl groups excluding tert-OH is 1. The molecule has 0 heterocycles. The zero-order valence-corrected chi connectivity index (χ0v) is 9.44. The molecule has 16 heavy (non-hydrogen) atoms. The predicted molar refractivity (Wildman–Crippen MR) is 63.9 cm³/mol. The van der Waals surface area contributed by atoms with Gasteiger partial charge in [-0.25, -0.2) is 0 Å². The number of hydrogen-bond donors (Lipinski definition) is 3. The Labute approximate surface area is 95.5 Å². The number of benzene rings is 1. The van der Waals surface area contributed by atoms with E-state index in [-0.39, 0.29) is 12.0 Å². The molecule has 0 aliphatic rings. The summed E-state index contributed by atoms with van der Waals surface area (Å²) in [4.78, 5) is 11.5. The maximum absolute atomic E-state index is 11.5. The first-order valence-corrected chi connectivity index (χ1v) is 5.37. The summed E-state index contributed by atoms with van der Waals surface area (Å²) < 4.78 is 0. The van der Waals surface area contributed by atoms with Crippen LogP contribution in [-0.2, 0) is 11.2 Å².